The number of amides is 4. The smallest absolute Gasteiger partial charge is 0.411 e. The van der Waals surface area contributed by atoms with Crippen LogP contribution in [0.1, 0.15) is 12.8 Å². The van der Waals surface area contributed by atoms with Gasteiger partial charge in [-0.2, -0.15) is 0 Å². The Hall–Kier alpha value is -2.97. The van der Waals surface area contributed by atoms with Crippen LogP contribution in [-0.4, -0.2) is 84.2 Å². The normalized spacial score (nSPS) is 24.7. The molecule has 29 heavy (non-hydrogen) atoms. The van der Waals surface area contributed by atoms with Crippen LogP contribution >= 0.6 is 0 Å². The van der Waals surface area contributed by atoms with Crippen molar-refractivity contribution >= 4 is 23.7 Å². The van der Waals surface area contributed by atoms with Gasteiger partial charge < -0.3 is 24.6 Å². The number of hydrogen-bond donors (Lipinski definition) is 1. The van der Waals surface area contributed by atoms with Gasteiger partial charge in [-0.1, -0.05) is 6.07 Å². The Kier molecular flexibility index (Phi) is 4.07. The van der Waals surface area contributed by atoms with Crippen molar-refractivity contribution in [2.24, 2.45) is 5.92 Å². The second kappa shape index (κ2) is 6.53. The van der Waals surface area contributed by atoms with Gasteiger partial charge in [-0.3, -0.25) is 9.69 Å². The number of nitrogens with one attached hydrogen (secondary N) is 1. The molecule has 0 aromatic heterocycles. The van der Waals surface area contributed by atoms with Gasteiger partial charge in [-0.15, -0.1) is 0 Å². The van der Waals surface area contributed by atoms with Gasteiger partial charge in [-0.05, 0) is 25.0 Å². The average Bonchev–Trinajstić information content (AvgIpc) is 3.50. The lowest BCUT2D eigenvalue weighted by Gasteiger charge is -2.51. The zero-order chi connectivity index (χ0) is 20.2. The number of nitrogens with zero attached hydrogens (tertiary/aromatic N) is 3. The first-order valence-corrected chi connectivity index (χ1v) is 9.97. The van der Waals surface area contributed by atoms with Crippen LogP contribution in [0.5, 0.6) is 5.75 Å². The molecule has 4 aliphatic rings. The van der Waals surface area contributed by atoms with Crippen LogP contribution in [-0.2, 0) is 9.53 Å². The Balaban J connectivity index is 1.26. The fraction of sp³-hybridized carbons (Fsp3) is 0.550. The molecule has 1 N–H and O–H groups in total. The minimum absolute atomic E-state index is 0.150. The number of anilines is 1. The summed E-state index contributed by atoms with van der Waals surface area (Å²) in [6.07, 6.45) is 1.56. The van der Waals surface area contributed by atoms with Crippen molar-refractivity contribution in [1.29, 1.82) is 0 Å². The second-order valence-corrected chi connectivity index (χ2v) is 8.22. The molecule has 9 nitrogen and oxygen atoms in total. The maximum absolute atomic E-state index is 12.8. The van der Waals surface area contributed by atoms with Crippen molar-refractivity contribution in [3.05, 3.63) is 24.3 Å². The zero-order valence-corrected chi connectivity index (χ0v) is 16.3. The molecule has 3 heterocycles. The zero-order valence-electron chi connectivity index (χ0n) is 16.3. The third-order valence-corrected chi connectivity index (χ3v) is 6.28. The van der Waals surface area contributed by atoms with Crippen molar-refractivity contribution in [2.75, 3.05) is 45.2 Å². The van der Waals surface area contributed by atoms with Crippen LogP contribution in [0.4, 0.5) is 15.3 Å². The van der Waals surface area contributed by atoms with E-state index in [2.05, 4.69) is 5.32 Å². The van der Waals surface area contributed by atoms with Crippen molar-refractivity contribution < 1.29 is 23.9 Å². The molecule has 0 bridgehead atoms. The minimum atomic E-state index is -0.698. The van der Waals surface area contributed by atoms with E-state index in [0.29, 0.717) is 44.2 Å². The Morgan fingerprint density at radius 2 is 2.00 bits per heavy atom. The van der Waals surface area contributed by atoms with Crippen LogP contribution in [0.15, 0.2) is 24.3 Å². The highest BCUT2D eigenvalue weighted by Crippen LogP contribution is 2.42. The molecule has 3 saturated heterocycles. The molecular formula is C20H24N4O5. The van der Waals surface area contributed by atoms with Crippen LogP contribution in [0.3, 0.4) is 0 Å². The largest absolute Gasteiger partial charge is 0.497 e. The Labute approximate surface area is 168 Å². The SMILES string of the molecule is COc1cccc(NC(=O)N2CCN3C(=O)OC4(CN(C(=O)C5CC5)C4)C3C2)c1. The summed E-state index contributed by atoms with van der Waals surface area (Å²) >= 11 is 0. The van der Waals surface area contributed by atoms with E-state index in [1.165, 1.54) is 0 Å². The summed E-state index contributed by atoms with van der Waals surface area (Å²) in [7, 11) is 1.58. The molecule has 154 valence electrons. The Morgan fingerprint density at radius 3 is 2.72 bits per heavy atom. The summed E-state index contributed by atoms with van der Waals surface area (Å²) in [5.41, 5.74) is -0.0496. The second-order valence-electron chi connectivity index (χ2n) is 8.22. The molecule has 1 aliphatic carbocycles. The van der Waals surface area contributed by atoms with Crippen molar-refractivity contribution in [3.63, 3.8) is 0 Å². The van der Waals surface area contributed by atoms with Gasteiger partial charge in [0.2, 0.25) is 5.91 Å². The number of benzene rings is 1. The average molecular weight is 400 g/mol. The number of fused-ring (bicyclic) bond motifs is 2. The molecule has 1 saturated carbocycles. The van der Waals surface area contributed by atoms with Crippen molar-refractivity contribution in [3.8, 4) is 5.75 Å². The monoisotopic (exact) mass is 400 g/mol. The lowest BCUT2D eigenvalue weighted by atomic mass is 9.84. The topological polar surface area (TPSA) is 91.4 Å². The molecule has 1 aromatic carbocycles. The highest BCUT2D eigenvalue weighted by atomic mass is 16.6. The highest BCUT2D eigenvalue weighted by molar-refractivity contribution is 5.90. The molecule has 1 unspecified atom stereocenters. The van der Waals surface area contributed by atoms with Gasteiger partial charge in [0.25, 0.3) is 0 Å². The maximum Gasteiger partial charge on any atom is 0.411 e. The number of rotatable bonds is 3. The molecule has 5 rings (SSSR count). The third kappa shape index (κ3) is 3.04. The molecule has 4 fully saturated rings. The first kappa shape index (κ1) is 18.1. The molecule has 9 heteroatoms. The molecule has 4 amide bonds. The summed E-state index contributed by atoms with van der Waals surface area (Å²) in [4.78, 5) is 42.6. The number of likely N-dealkylation sites (tertiary alicyclic amines) is 1. The van der Waals surface area contributed by atoms with Gasteiger partial charge in [0, 0.05) is 37.3 Å². The number of carbonyl (C=O) groups is 3. The van der Waals surface area contributed by atoms with Gasteiger partial charge in [-0.25, -0.2) is 9.59 Å². The van der Waals surface area contributed by atoms with E-state index in [0.717, 1.165) is 12.8 Å². The Bertz CT molecular complexity index is 864. The van der Waals surface area contributed by atoms with E-state index in [1.54, 1.807) is 33.9 Å². The predicted molar refractivity (Wildman–Crippen MR) is 103 cm³/mol. The van der Waals surface area contributed by atoms with E-state index < -0.39 is 5.60 Å². The number of carbonyl (C=O) groups excluding carboxylic acids is 3. The van der Waals surface area contributed by atoms with E-state index in [1.807, 2.05) is 12.1 Å². The quantitative estimate of drug-likeness (QED) is 0.827. The highest BCUT2D eigenvalue weighted by Gasteiger charge is 2.63. The van der Waals surface area contributed by atoms with Gasteiger partial charge in [0.15, 0.2) is 5.60 Å². The van der Waals surface area contributed by atoms with E-state index in [4.69, 9.17) is 9.47 Å². The minimum Gasteiger partial charge on any atom is -0.497 e. The summed E-state index contributed by atoms with van der Waals surface area (Å²) < 4.78 is 10.9. The van der Waals surface area contributed by atoms with E-state index >= 15 is 0 Å². The van der Waals surface area contributed by atoms with Crippen LogP contribution in [0, 0.1) is 5.92 Å². The molecule has 1 atom stereocenters. The summed E-state index contributed by atoms with van der Waals surface area (Å²) in [6, 6.07) is 6.72. The van der Waals surface area contributed by atoms with Crippen molar-refractivity contribution in [1.82, 2.24) is 14.7 Å². The maximum atomic E-state index is 12.8. The fourth-order valence-corrected chi connectivity index (χ4v) is 4.46. The van der Waals surface area contributed by atoms with Gasteiger partial charge in [0.1, 0.15) is 5.75 Å². The number of piperazine rings is 1. The Morgan fingerprint density at radius 1 is 1.21 bits per heavy atom. The van der Waals surface area contributed by atoms with E-state index in [-0.39, 0.29) is 30.0 Å². The summed E-state index contributed by atoms with van der Waals surface area (Å²) in [5.74, 6) is 0.974. The number of methoxy groups -OCH3 is 1. The molecule has 0 radical (unpaired) electrons. The lowest BCUT2D eigenvalue weighted by molar-refractivity contribution is -0.156. The number of ether oxygens (including phenoxy) is 2. The first-order chi connectivity index (χ1) is 14.0. The summed E-state index contributed by atoms with van der Waals surface area (Å²) in [6.45, 7) is 2.07. The van der Waals surface area contributed by atoms with Crippen LogP contribution in [0.2, 0.25) is 0 Å². The van der Waals surface area contributed by atoms with Gasteiger partial charge >= 0.3 is 12.1 Å². The van der Waals surface area contributed by atoms with Crippen LogP contribution < -0.4 is 10.1 Å². The van der Waals surface area contributed by atoms with Gasteiger partial charge in [0.05, 0.1) is 26.2 Å². The molecule has 1 spiro atoms. The van der Waals surface area contributed by atoms with Crippen molar-refractivity contribution in [2.45, 2.75) is 24.5 Å². The first-order valence-electron chi connectivity index (χ1n) is 9.97. The summed E-state index contributed by atoms with van der Waals surface area (Å²) in [5, 5.41) is 2.89. The molecule has 1 aromatic rings. The standard InChI is InChI=1S/C20H24N4O5/c1-28-15-4-2-3-14(9-15)21-18(26)22-7-8-24-16(10-22)20(29-19(24)27)11-23(12-20)17(25)13-5-6-13/h2-4,9,13,16H,5-8,10-12H2,1H3,(H,21,26). The van der Waals surface area contributed by atoms with Crippen LogP contribution in [0.25, 0.3) is 0 Å². The fourth-order valence-electron chi connectivity index (χ4n) is 4.46. The molecular weight excluding hydrogens is 376 g/mol. The lowest BCUT2D eigenvalue weighted by Crippen LogP contribution is -2.72. The number of urea groups is 1. The third-order valence-electron chi connectivity index (χ3n) is 6.28. The predicted octanol–water partition coefficient (Wildman–Crippen LogP) is 1.35. The number of hydrogen-bond acceptors (Lipinski definition) is 5. The van der Waals surface area contributed by atoms with E-state index in [9.17, 15) is 14.4 Å². The molecule has 3 aliphatic heterocycles.